The molecule has 49 heavy (non-hydrogen) atoms. The van der Waals surface area contributed by atoms with E-state index < -0.39 is 53.2 Å². The molecule has 4 N–H and O–H groups in total. The van der Waals surface area contributed by atoms with Gasteiger partial charge in [0, 0.05) is 35.9 Å². The molecule has 4 saturated heterocycles. The first-order valence-electron chi connectivity index (χ1n) is 15.7. The van der Waals surface area contributed by atoms with Crippen LogP contribution < -0.4 is 16.6 Å². The van der Waals surface area contributed by atoms with Crippen molar-refractivity contribution in [1.29, 1.82) is 0 Å². The number of aromatic nitrogens is 9. The fourth-order valence-corrected chi connectivity index (χ4v) is 7.75. The summed E-state index contributed by atoms with van der Waals surface area (Å²) in [5.41, 5.74) is -1.14. The van der Waals surface area contributed by atoms with Crippen LogP contribution in [0.1, 0.15) is 46.5 Å². The number of amides is 1. The smallest absolute Gasteiger partial charge is 0.330 e. The number of rotatable bonds is 8. The molecule has 5 aromatic rings. The Morgan fingerprint density at radius 3 is 2.71 bits per heavy atom. The van der Waals surface area contributed by atoms with Gasteiger partial charge in [-0.05, 0) is 25.5 Å². The van der Waals surface area contributed by atoms with Crippen LogP contribution in [0.4, 0.5) is 5.82 Å². The average molecular weight is 671 g/mol. The third-order valence-electron chi connectivity index (χ3n) is 10.2. The maximum Gasteiger partial charge on any atom is 0.330 e. The number of aliphatic hydroxyl groups excluding tert-OH is 2. The first-order valence-corrected chi connectivity index (χ1v) is 15.7. The molecular formula is C31H30N10O8. The lowest BCUT2D eigenvalue weighted by Crippen LogP contribution is -2.51. The molecule has 1 unspecified atom stereocenters. The number of imidazole rings is 1. The number of anilines is 1. The lowest BCUT2D eigenvalue weighted by atomic mass is 9.69. The lowest BCUT2D eigenvalue weighted by Gasteiger charge is -2.42. The number of hydrogen-bond donors (Lipinski definition) is 4. The molecular weight excluding hydrogens is 640 g/mol. The summed E-state index contributed by atoms with van der Waals surface area (Å²) in [4.78, 5) is 52.7. The molecule has 10 rings (SSSR count). The van der Waals surface area contributed by atoms with Crippen LogP contribution in [-0.2, 0) is 20.6 Å². The van der Waals surface area contributed by atoms with Crippen molar-refractivity contribution in [3.63, 3.8) is 0 Å². The van der Waals surface area contributed by atoms with E-state index in [1.807, 2.05) is 6.07 Å². The second kappa shape index (κ2) is 10.7. The topological polar surface area (TPSA) is 226 Å². The summed E-state index contributed by atoms with van der Waals surface area (Å²) >= 11 is 0. The van der Waals surface area contributed by atoms with Gasteiger partial charge in [-0.25, -0.2) is 24.4 Å². The number of hydrogen-bond acceptors (Lipinski definition) is 13. The molecule has 0 radical (unpaired) electrons. The second-order valence-electron chi connectivity index (χ2n) is 13.0. The zero-order valence-corrected chi connectivity index (χ0v) is 25.9. The molecule has 0 spiro atoms. The highest BCUT2D eigenvalue weighted by atomic mass is 16.6. The fourth-order valence-electron chi connectivity index (χ4n) is 7.75. The summed E-state index contributed by atoms with van der Waals surface area (Å²) in [7, 11) is 0. The molecule has 1 saturated carbocycles. The van der Waals surface area contributed by atoms with Gasteiger partial charge in [0.2, 0.25) is 0 Å². The van der Waals surface area contributed by atoms with Crippen LogP contribution in [0.15, 0.2) is 65.0 Å². The van der Waals surface area contributed by atoms with Crippen molar-refractivity contribution in [1.82, 2.24) is 44.1 Å². The Morgan fingerprint density at radius 2 is 1.90 bits per heavy atom. The van der Waals surface area contributed by atoms with Crippen molar-refractivity contribution in [2.45, 2.75) is 61.7 Å². The van der Waals surface area contributed by atoms with Crippen LogP contribution >= 0.6 is 0 Å². The van der Waals surface area contributed by atoms with E-state index in [9.17, 15) is 24.6 Å². The van der Waals surface area contributed by atoms with E-state index in [1.54, 1.807) is 46.6 Å². The maximum absolute atomic E-state index is 12.8. The van der Waals surface area contributed by atoms with Gasteiger partial charge in [-0.3, -0.25) is 23.7 Å². The minimum atomic E-state index is -1.16. The van der Waals surface area contributed by atoms with Crippen LogP contribution in [0.2, 0.25) is 0 Å². The highest BCUT2D eigenvalue weighted by Crippen LogP contribution is 2.62. The normalized spacial score (nSPS) is 31.3. The lowest BCUT2D eigenvalue weighted by molar-refractivity contribution is -0.172. The SMILES string of the molecule is Cc1cn([C@@H]2O[C@@]3(CO)CC2[C@@H]3n2cc(C[C@@]34CO[C@@H]([C@H](n5cnc6c(NC(=O)c7ccccc7)ncnc65)O3)[C@@H]4O)nn2)c(=O)[nH]c1=O. The molecule has 4 aliphatic heterocycles. The molecule has 1 amide bonds. The summed E-state index contributed by atoms with van der Waals surface area (Å²) in [6.07, 6.45) is 3.40. The van der Waals surface area contributed by atoms with E-state index >= 15 is 0 Å². The van der Waals surface area contributed by atoms with Gasteiger partial charge in [0.1, 0.15) is 36.0 Å². The van der Waals surface area contributed by atoms with E-state index in [1.165, 1.54) is 23.4 Å². The average Bonchev–Trinajstić information content (AvgIpc) is 3.95. The van der Waals surface area contributed by atoms with E-state index in [0.29, 0.717) is 34.4 Å². The highest BCUT2D eigenvalue weighted by molar-refractivity contribution is 6.06. The number of nitrogens with zero attached hydrogens (tertiary/aromatic N) is 8. The van der Waals surface area contributed by atoms with Gasteiger partial charge < -0.3 is 29.7 Å². The number of ether oxygens (including phenoxy) is 3. The van der Waals surface area contributed by atoms with Crippen molar-refractivity contribution in [2.75, 3.05) is 18.5 Å². The third-order valence-corrected chi connectivity index (χ3v) is 10.2. The number of aliphatic hydroxyl groups is 2. The number of fused-ring (bicyclic) bond motifs is 4. The van der Waals surface area contributed by atoms with Crippen molar-refractivity contribution in [3.05, 3.63) is 93.0 Å². The van der Waals surface area contributed by atoms with E-state index in [4.69, 9.17) is 14.2 Å². The molecule has 18 nitrogen and oxygen atoms in total. The van der Waals surface area contributed by atoms with Crippen LogP contribution in [-0.4, -0.2) is 96.8 Å². The Morgan fingerprint density at radius 1 is 1.08 bits per heavy atom. The van der Waals surface area contributed by atoms with Gasteiger partial charge in [0.25, 0.3) is 11.5 Å². The van der Waals surface area contributed by atoms with Gasteiger partial charge in [0.15, 0.2) is 23.2 Å². The highest BCUT2D eigenvalue weighted by Gasteiger charge is 2.68. The van der Waals surface area contributed by atoms with Gasteiger partial charge in [-0.15, -0.1) is 5.10 Å². The number of carbonyl (C=O) groups is 1. The summed E-state index contributed by atoms with van der Waals surface area (Å²) in [5, 5.41) is 33.3. The molecule has 5 aliphatic rings. The Kier molecular flexibility index (Phi) is 6.53. The number of benzene rings is 1. The van der Waals surface area contributed by atoms with Gasteiger partial charge >= 0.3 is 5.69 Å². The van der Waals surface area contributed by atoms with Crippen LogP contribution in [0, 0.1) is 12.8 Å². The number of aromatic amines is 1. The zero-order valence-electron chi connectivity index (χ0n) is 25.9. The van der Waals surface area contributed by atoms with Crippen molar-refractivity contribution in [2.24, 2.45) is 5.92 Å². The molecule has 1 aliphatic carbocycles. The molecule has 8 atom stereocenters. The number of carbonyl (C=O) groups excluding carboxylic acids is 1. The summed E-state index contributed by atoms with van der Waals surface area (Å²) in [6.45, 7) is 1.40. The largest absolute Gasteiger partial charge is 0.393 e. The monoisotopic (exact) mass is 670 g/mol. The summed E-state index contributed by atoms with van der Waals surface area (Å²) in [5.74, 6) is -0.344. The predicted octanol–water partition coefficient (Wildman–Crippen LogP) is -0.380. The Bertz CT molecular complexity index is 2230. The molecule has 5 fully saturated rings. The Hall–Kier alpha value is -5.14. The Balaban J connectivity index is 0.951. The number of aryl methyl sites for hydroxylation is 1. The van der Waals surface area contributed by atoms with Gasteiger partial charge in [-0.1, -0.05) is 23.4 Å². The standard InChI is InChI=1S/C31H30N10O8/c1-15-9-39(29(46)36-25(15)44)27-18-8-30(11-42,48-27)21(18)41-10-17(37-38-41)7-31-12-47-20(22(31)43)28(49-31)40-14-34-19-23(32-13-33-24(19)40)35-26(45)16-5-3-2-4-6-16/h2-6,9-10,13-14,18,20-22,27-28,42-43H,7-8,11-12H2,1H3,(H,36,44,46)(H,32,33,35,45)/t18?,20-,21+,22+,27-,28-,30-,31+/m1/s1. The van der Waals surface area contributed by atoms with Crippen molar-refractivity contribution >= 4 is 22.9 Å². The predicted molar refractivity (Wildman–Crippen MR) is 165 cm³/mol. The van der Waals surface area contributed by atoms with Crippen molar-refractivity contribution < 1.29 is 29.2 Å². The maximum atomic E-state index is 12.8. The van der Waals surface area contributed by atoms with E-state index in [0.717, 1.165) is 0 Å². The summed E-state index contributed by atoms with van der Waals surface area (Å²) < 4.78 is 23.4. The number of H-pyrrole nitrogens is 1. The third kappa shape index (κ3) is 4.38. The Labute approximate surface area is 275 Å². The van der Waals surface area contributed by atoms with Gasteiger partial charge in [-0.2, -0.15) is 0 Å². The van der Waals surface area contributed by atoms with E-state index in [-0.39, 0.29) is 37.3 Å². The first kappa shape index (κ1) is 30.0. The first-order chi connectivity index (χ1) is 23.7. The minimum absolute atomic E-state index is 0.106. The zero-order chi connectivity index (χ0) is 33.7. The van der Waals surface area contributed by atoms with Crippen LogP contribution in [0.3, 0.4) is 0 Å². The molecule has 18 heteroatoms. The van der Waals surface area contributed by atoms with Gasteiger partial charge in [0.05, 0.1) is 31.3 Å². The van der Waals surface area contributed by atoms with E-state index in [2.05, 4.69) is 35.6 Å². The molecule has 252 valence electrons. The van der Waals surface area contributed by atoms with Crippen molar-refractivity contribution in [3.8, 4) is 0 Å². The second-order valence-corrected chi connectivity index (χ2v) is 13.0. The molecule has 4 aromatic heterocycles. The number of nitrogens with one attached hydrogen (secondary N) is 2. The fraction of sp³-hybridized carbons (Fsp3) is 0.419. The summed E-state index contributed by atoms with van der Waals surface area (Å²) in [6, 6.07) is 8.30. The quantitative estimate of drug-likeness (QED) is 0.165. The molecule has 4 bridgehead atoms. The van der Waals surface area contributed by atoms with Crippen LogP contribution in [0.5, 0.6) is 0 Å². The van der Waals surface area contributed by atoms with Crippen LogP contribution in [0.25, 0.3) is 11.2 Å². The minimum Gasteiger partial charge on any atom is -0.393 e. The molecule has 8 heterocycles. The molecule has 1 aromatic carbocycles.